The number of fused-ring (bicyclic) bond motifs is 1. The van der Waals surface area contributed by atoms with E-state index in [0.29, 0.717) is 16.7 Å². The van der Waals surface area contributed by atoms with E-state index in [1.165, 1.54) is 70.6 Å². The topological polar surface area (TPSA) is 34.1 Å². The third-order valence-electron chi connectivity index (χ3n) is 5.74. The Labute approximate surface area is 177 Å². The molecule has 0 unspecified atom stereocenters. The molecule has 0 atom stereocenters. The first-order valence-corrected chi connectivity index (χ1v) is 11.8. The SMILES string of the molecule is CCCCCCCC/C=C/CCCCCCCC1=CC(=O)c2ccccc2C1=O. The number of ketones is 2. The summed E-state index contributed by atoms with van der Waals surface area (Å²) in [4.78, 5) is 24.7. The highest BCUT2D eigenvalue weighted by atomic mass is 16.1. The number of hydrogen-bond donors (Lipinski definition) is 0. The van der Waals surface area contributed by atoms with Crippen LogP contribution >= 0.6 is 0 Å². The maximum absolute atomic E-state index is 12.5. The first kappa shape index (κ1) is 23.3. The van der Waals surface area contributed by atoms with E-state index in [9.17, 15) is 9.59 Å². The fourth-order valence-electron chi connectivity index (χ4n) is 3.94. The minimum absolute atomic E-state index is 0.0250. The Hall–Kier alpha value is -1.96. The van der Waals surface area contributed by atoms with Crippen LogP contribution in [-0.2, 0) is 0 Å². The third kappa shape index (κ3) is 8.51. The van der Waals surface area contributed by atoms with Crippen molar-refractivity contribution in [3.63, 3.8) is 0 Å². The standard InChI is InChI=1S/C27H38O2/c1-2-3-4-5-6-7-8-9-10-11-12-13-14-15-16-19-23-22-26(28)24-20-17-18-21-25(24)27(23)29/h9-10,17-18,20-22H,2-8,11-16,19H2,1H3/b10-9+. The molecule has 2 rings (SSSR count). The number of benzene rings is 1. The Morgan fingerprint density at radius 2 is 1.24 bits per heavy atom. The maximum atomic E-state index is 12.5. The molecule has 2 nitrogen and oxygen atoms in total. The molecule has 0 N–H and O–H groups in total. The lowest BCUT2D eigenvalue weighted by atomic mass is 9.87. The molecule has 0 amide bonds. The van der Waals surface area contributed by atoms with Crippen LogP contribution in [0.5, 0.6) is 0 Å². The number of carbonyl (C=O) groups excluding carboxylic acids is 2. The second-order valence-electron chi connectivity index (χ2n) is 8.24. The van der Waals surface area contributed by atoms with Crippen LogP contribution in [0.4, 0.5) is 0 Å². The zero-order valence-electron chi connectivity index (χ0n) is 18.3. The summed E-state index contributed by atoms with van der Waals surface area (Å²) < 4.78 is 0. The second kappa shape index (κ2) is 14.1. The third-order valence-corrected chi connectivity index (χ3v) is 5.74. The van der Waals surface area contributed by atoms with Gasteiger partial charge in [0.05, 0.1) is 0 Å². The van der Waals surface area contributed by atoms with Crippen LogP contribution in [0.2, 0.25) is 0 Å². The van der Waals surface area contributed by atoms with Gasteiger partial charge >= 0.3 is 0 Å². The van der Waals surface area contributed by atoms with Gasteiger partial charge in [0, 0.05) is 16.7 Å². The van der Waals surface area contributed by atoms with Crippen molar-refractivity contribution in [1.29, 1.82) is 0 Å². The molecule has 1 aliphatic rings. The van der Waals surface area contributed by atoms with E-state index in [-0.39, 0.29) is 11.6 Å². The summed E-state index contributed by atoms with van der Waals surface area (Å²) in [5.74, 6) is 0.0126. The molecule has 29 heavy (non-hydrogen) atoms. The number of Topliss-reactive ketones (excluding diaryl/α,β-unsaturated/α-hetero) is 1. The molecule has 0 heterocycles. The van der Waals surface area contributed by atoms with Gasteiger partial charge in [0.15, 0.2) is 11.6 Å². The van der Waals surface area contributed by atoms with E-state index in [0.717, 1.165) is 19.3 Å². The van der Waals surface area contributed by atoms with Crippen LogP contribution in [0.1, 0.15) is 118 Å². The smallest absolute Gasteiger partial charge is 0.189 e. The van der Waals surface area contributed by atoms with Gasteiger partial charge < -0.3 is 0 Å². The summed E-state index contributed by atoms with van der Waals surface area (Å²) in [6, 6.07) is 7.15. The normalized spacial score (nSPS) is 13.8. The lowest BCUT2D eigenvalue weighted by Gasteiger charge is -2.14. The van der Waals surface area contributed by atoms with Crippen molar-refractivity contribution in [2.75, 3.05) is 0 Å². The average molecular weight is 395 g/mol. The fraction of sp³-hybridized carbons (Fsp3) is 0.556. The molecule has 0 radical (unpaired) electrons. The van der Waals surface area contributed by atoms with Gasteiger partial charge in [0.1, 0.15) is 0 Å². The Morgan fingerprint density at radius 1 is 0.690 bits per heavy atom. The molecule has 2 heteroatoms. The fourth-order valence-corrected chi connectivity index (χ4v) is 3.94. The summed E-state index contributed by atoms with van der Waals surface area (Å²) in [7, 11) is 0. The highest BCUT2D eigenvalue weighted by Gasteiger charge is 2.24. The van der Waals surface area contributed by atoms with Gasteiger partial charge in [-0.1, -0.05) is 94.7 Å². The van der Waals surface area contributed by atoms with Gasteiger partial charge in [-0.3, -0.25) is 9.59 Å². The molecule has 0 bridgehead atoms. The van der Waals surface area contributed by atoms with Crippen molar-refractivity contribution < 1.29 is 9.59 Å². The highest BCUT2D eigenvalue weighted by molar-refractivity contribution is 6.24. The van der Waals surface area contributed by atoms with E-state index >= 15 is 0 Å². The van der Waals surface area contributed by atoms with E-state index in [1.807, 2.05) is 12.1 Å². The molecule has 0 fully saturated rings. The van der Waals surface area contributed by atoms with Crippen LogP contribution in [0.3, 0.4) is 0 Å². The number of carbonyl (C=O) groups is 2. The lowest BCUT2D eigenvalue weighted by Crippen LogP contribution is -2.16. The minimum atomic E-state index is -0.0250. The number of rotatable bonds is 15. The average Bonchev–Trinajstić information content (AvgIpc) is 2.74. The largest absolute Gasteiger partial charge is 0.289 e. The quantitative estimate of drug-likeness (QED) is 0.223. The minimum Gasteiger partial charge on any atom is -0.289 e. The molecular weight excluding hydrogens is 356 g/mol. The molecule has 158 valence electrons. The van der Waals surface area contributed by atoms with Crippen molar-refractivity contribution >= 4 is 11.6 Å². The second-order valence-corrected chi connectivity index (χ2v) is 8.24. The van der Waals surface area contributed by atoms with Crippen LogP contribution < -0.4 is 0 Å². The van der Waals surface area contributed by atoms with Gasteiger partial charge in [0.2, 0.25) is 0 Å². The number of allylic oxidation sites excluding steroid dienone is 4. The van der Waals surface area contributed by atoms with Crippen LogP contribution in [0.25, 0.3) is 0 Å². The zero-order valence-corrected chi connectivity index (χ0v) is 18.3. The molecule has 1 aromatic rings. The van der Waals surface area contributed by atoms with Gasteiger partial charge in [0.25, 0.3) is 0 Å². The van der Waals surface area contributed by atoms with Crippen LogP contribution in [0.15, 0.2) is 48.1 Å². The monoisotopic (exact) mass is 394 g/mol. The molecule has 0 aliphatic heterocycles. The van der Waals surface area contributed by atoms with Crippen molar-refractivity contribution in [2.45, 2.75) is 96.8 Å². The molecule has 0 spiro atoms. The number of unbranched alkanes of at least 4 members (excludes halogenated alkanes) is 11. The first-order chi connectivity index (χ1) is 14.2. The summed E-state index contributed by atoms with van der Waals surface area (Å²) in [6.45, 7) is 2.26. The van der Waals surface area contributed by atoms with E-state index < -0.39 is 0 Å². The summed E-state index contributed by atoms with van der Waals surface area (Å²) >= 11 is 0. The molecule has 0 aromatic heterocycles. The zero-order chi connectivity index (χ0) is 20.7. The Balaban J connectivity index is 1.48. The number of hydrogen-bond acceptors (Lipinski definition) is 2. The molecule has 1 aliphatic carbocycles. The molecule has 1 aromatic carbocycles. The van der Waals surface area contributed by atoms with Crippen molar-refractivity contribution in [3.05, 3.63) is 59.2 Å². The van der Waals surface area contributed by atoms with E-state index in [1.54, 1.807) is 18.2 Å². The molecule has 0 saturated carbocycles. The van der Waals surface area contributed by atoms with Crippen molar-refractivity contribution in [1.82, 2.24) is 0 Å². The van der Waals surface area contributed by atoms with E-state index in [2.05, 4.69) is 19.1 Å². The van der Waals surface area contributed by atoms with Gasteiger partial charge in [-0.25, -0.2) is 0 Å². The first-order valence-electron chi connectivity index (χ1n) is 11.8. The maximum Gasteiger partial charge on any atom is 0.189 e. The van der Waals surface area contributed by atoms with Crippen LogP contribution in [0, 0.1) is 0 Å². The predicted molar refractivity (Wildman–Crippen MR) is 123 cm³/mol. The summed E-state index contributed by atoms with van der Waals surface area (Å²) in [5.41, 5.74) is 1.81. The van der Waals surface area contributed by atoms with Crippen LogP contribution in [-0.4, -0.2) is 11.6 Å². The van der Waals surface area contributed by atoms with E-state index in [4.69, 9.17) is 0 Å². The highest BCUT2D eigenvalue weighted by Crippen LogP contribution is 2.24. The van der Waals surface area contributed by atoms with Crippen molar-refractivity contribution in [2.24, 2.45) is 0 Å². The lowest BCUT2D eigenvalue weighted by molar-refractivity contribution is 0.0981. The Bertz CT molecular complexity index is 696. The molecule has 0 saturated heterocycles. The van der Waals surface area contributed by atoms with Gasteiger partial charge in [-0.05, 0) is 44.6 Å². The van der Waals surface area contributed by atoms with Gasteiger partial charge in [-0.15, -0.1) is 0 Å². The van der Waals surface area contributed by atoms with Gasteiger partial charge in [-0.2, -0.15) is 0 Å². The van der Waals surface area contributed by atoms with Crippen molar-refractivity contribution in [3.8, 4) is 0 Å². The Kier molecular flexibility index (Phi) is 11.3. The summed E-state index contributed by atoms with van der Waals surface area (Å²) in [6.07, 6.45) is 23.4. The summed E-state index contributed by atoms with van der Waals surface area (Å²) in [5, 5.41) is 0. The Morgan fingerprint density at radius 3 is 1.90 bits per heavy atom. The predicted octanol–water partition coefficient (Wildman–Crippen LogP) is 8.03. The molecular formula is C27H38O2.